The number of aromatic amines is 1. The van der Waals surface area contributed by atoms with Crippen LogP contribution in [-0.4, -0.2) is 124 Å². The molecule has 7 rings (SSSR count). The molecule has 7 heterocycles. The monoisotopic (exact) mass is 651 g/mol. The van der Waals surface area contributed by atoms with Crippen molar-refractivity contribution in [2.24, 2.45) is 0 Å². The lowest BCUT2D eigenvalue weighted by Gasteiger charge is -2.26. The molecule has 248 valence electrons. The van der Waals surface area contributed by atoms with E-state index in [4.69, 9.17) is 27.4 Å². The van der Waals surface area contributed by atoms with Gasteiger partial charge in [0.05, 0.1) is 35.7 Å². The van der Waals surface area contributed by atoms with E-state index in [0.717, 1.165) is 0 Å². The predicted octanol–water partition coefficient (Wildman–Crippen LogP) is -2.52. The molecule has 2 aliphatic rings. The number of aliphatic hydroxyl groups is 6. The second-order valence-corrected chi connectivity index (χ2v) is 11.6. The van der Waals surface area contributed by atoms with Gasteiger partial charge in [-0.3, -0.25) is 5.10 Å². The van der Waals surface area contributed by atoms with Crippen molar-refractivity contribution in [3.8, 4) is 23.7 Å². The van der Waals surface area contributed by atoms with Crippen LogP contribution in [0.1, 0.15) is 43.0 Å². The van der Waals surface area contributed by atoms with Crippen molar-refractivity contribution >= 4 is 22.7 Å². The van der Waals surface area contributed by atoms with E-state index in [9.17, 15) is 30.6 Å². The zero-order valence-corrected chi connectivity index (χ0v) is 25.1. The van der Waals surface area contributed by atoms with Crippen LogP contribution in [0.15, 0.2) is 31.1 Å². The Labute approximate surface area is 265 Å². The van der Waals surface area contributed by atoms with Crippen LogP contribution >= 0.6 is 0 Å². The first-order valence-electron chi connectivity index (χ1n) is 14.3. The van der Waals surface area contributed by atoms with Crippen LogP contribution in [0.3, 0.4) is 0 Å². The molecule has 0 spiro atoms. The number of ether oxygens (including phenoxy) is 2. The predicted molar refractivity (Wildman–Crippen MR) is 161 cm³/mol. The van der Waals surface area contributed by atoms with E-state index in [-0.39, 0.29) is 11.6 Å². The van der Waals surface area contributed by atoms with Crippen LogP contribution in [-0.2, 0) is 9.47 Å². The number of H-pyrrole nitrogens is 1. The summed E-state index contributed by atoms with van der Waals surface area (Å²) in [7, 11) is 0. The quantitative estimate of drug-likeness (QED) is 0.0886. The molecule has 0 aromatic carbocycles. The summed E-state index contributed by atoms with van der Waals surface area (Å²) in [4.78, 5) is 12.0. The zero-order valence-electron chi connectivity index (χ0n) is 25.1. The number of nitrogens with one attached hydrogen (secondary N) is 1. The standard InChI is InChI=1S/C14H17N7O4.C14H16N4O4/c1-14(24)10(23)8(3-22)25-11(14)7-2-6(13-17-4-18-20-13)9-12(15)16-5-19-21(7)9;1-3-7-4-8(18-10(7)13(15)16-6-17-18)12-14(2,21)11(20)9(5-19)22-12/h2,4-5,8,10-11,22-24H,3H2,1H3,(H2,15,16,19)(H,17,18,20);1,4,6,9,11-12,19-21H,5H2,2H3,(H2,15,16,17)/t8-,10-,11+,14-;9-,11-,12+,14-/m11/s1. The fourth-order valence-corrected chi connectivity index (χ4v) is 6.04. The number of anilines is 2. The molecule has 0 aliphatic carbocycles. The molecule has 2 fully saturated rings. The van der Waals surface area contributed by atoms with E-state index in [1.807, 2.05) is 0 Å². The van der Waals surface area contributed by atoms with Gasteiger partial charge >= 0.3 is 0 Å². The van der Waals surface area contributed by atoms with E-state index in [1.165, 1.54) is 41.9 Å². The number of nitrogens with zero attached hydrogens (tertiary/aromatic N) is 8. The molecule has 19 nitrogen and oxygen atoms in total. The smallest absolute Gasteiger partial charge is 0.157 e. The van der Waals surface area contributed by atoms with E-state index < -0.39 is 61.0 Å². The van der Waals surface area contributed by atoms with Crippen molar-refractivity contribution in [1.82, 2.24) is 44.4 Å². The summed E-state index contributed by atoms with van der Waals surface area (Å²) in [6, 6.07) is 3.29. The Bertz CT molecular complexity index is 1950. The molecular formula is C28H33N11O8. The Morgan fingerprint density at radius 2 is 1.36 bits per heavy atom. The minimum absolute atomic E-state index is 0.200. The van der Waals surface area contributed by atoms with Gasteiger partial charge in [0, 0.05) is 0 Å². The van der Waals surface area contributed by atoms with Gasteiger partial charge in [-0.2, -0.15) is 15.3 Å². The highest BCUT2D eigenvalue weighted by Crippen LogP contribution is 2.44. The van der Waals surface area contributed by atoms with Crippen LogP contribution < -0.4 is 11.5 Å². The van der Waals surface area contributed by atoms with Gasteiger partial charge < -0.3 is 51.6 Å². The molecule has 5 aromatic rings. The van der Waals surface area contributed by atoms with Crippen molar-refractivity contribution in [3.05, 3.63) is 48.1 Å². The van der Waals surface area contributed by atoms with Gasteiger partial charge in [0.25, 0.3) is 0 Å². The largest absolute Gasteiger partial charge is 0.394 e. The molecule has 47 heavy (non-hydrogen) atoms. The number of hydrogen-bond donors (Lipinski definition) is 9. The molecule has 2 aliphatic heterocycles. The zero-order chi connectivity index (χ0) is 33.8. The lowest BCUT2D eigenvalue weighted by Crippen LogP contribution is -2.43. The number of nitrogens with two attached hydrogens (primary N) is 2. The van der Waals surface area contributed by atoms with Crippen LogP contribution in [0.25, 0.3) is 22.4 Å². The summed E-state index contributed by atoms with van der Waals surface area (Å²) in [5, 5.41) is 75.1. The van der Waals surface area contributed by atoms with E-state index >= 15 is 0 Å². The molecule has 0 radical (unpaired) electrons. The Kier molecular flexibility index (Phi) is 8.07. The van der Waals surface area contributed by atoms with Crippen LogP contribution in [0.4, 0.5) is 11.6 Å². The Hall–Kier alpha value is -4.78. The average molecular weight is 652 g/mol. The van der Waals surface area contributed by atoms with Gasteiger partial charge in [-0.05, 0) is 26.0 Å². The third kappa shape index (κ3) is 5.03. The highest BCUT2D eigenvalue weighted by atomic mass is 16.6. The maximum Gasteiger partial charge on any atom is 0.157 e. The molecular weight excluding hydrogens is 618 g/mol. The molecule has 19 heteroatoms. The number of aliphatic hydroxyl groups excluding tert-OH is 4. The number of rotatable bonds is 5. The van der Waals surface area contributed by atoms with Crippen molar-refractivity contribution in [2.75, 3.05) is 24.7 Å². The molecule has 8 atom stereocenters. The van der Waals surface area contributed by atoms with E-state index in [1.54, 1.807) is 12.1 Å². The third-order valence-corrected chi connectivity index (χ3v) is 8.53. The SMILES string of the molecule is C#Cc1cc([C@@H]2O[C@H](CO)[C@@H](O)[C@@]2(C)O)n2ncnc(N)c12.C[C@@]1(O)[C@H](O)[C@@H](CO)O[C@H]1c1cc(-c2ncn[nH]2)c2c(N)ncnn12. The molecule has 0 saturated carbocycles. The van der Waals surface area contributed by atoms with Crippen LogP contribution in [0.5, 0.6) is 0 Å². The fourth-order valence-electron chi connectivity index (χ4n) is 6.04. The summed E-state index contributed by atoms with van der Waals surface area (Å²) >= 11 is 0. The normalized spacial score (nSPS) is 30.4. The summed E-state index contributed by atoms with van der Waals surface area (Å²) < 4.78 is 14.2. The molecule has 5 aromatic heterocycles. The number of aromatic nitrogens is 9. The first kappa shape index (κ1) is 32.2. The first-order chi connectivity index (χ1) is 22.4. The minimum atomic E-state index is -1.64. The van der Waals surface area contributed by atoms with Crippen molar-refractivity contribution in [1.29, 1.82) is 0 Å². The lowest BCUT2D eigenvalue weighted by molar-refractivity contribution is -0.0665. The molecule has 0 bridgehead atoms. The van der Waals surface area contributed by atoms with Gasteiger partial charge in [0.15, 0.2) is 17.5 Å². The van der Waals surface area contributed by atoms with Crippen LogP contribution in [0.2, 0.25) is 0 Å². The lowest BCUT2D eigenvalue weighted by atomic mass is 9.91. The van der Waals surface area contributed by atoms with Crippen LogP contribution in [0, 0.1) is 12.3 Å². The third-order valence-electron chi connectivity index (χ3n) is 8.53. The highest BCUT2D eigenvalue weighted by molar-refractivity contribution is 5.85. The number of fused-ring (bicyclic) bond motifs is 2. The maximum atomic E-state index is 10.7. The van der Waals surface area contributed by atoms with E-state index in [0.29, 0.717) is 39.4 Å². The minimum Gasteiger partial charge on any atom is -0.394 e. The van der Waals surface area contributed by atoms with Gasteiger partial charge in [-0.15, -0.1) is 6.42 Å². The average Bonchev–Trinajstić information content (AvgIpc) is 3.86. The molecule has 0 unspecified atom stereocenters. The van der Waals surface area contributed by atoms with Gasteiger partial charge in [-0.25, -0.2) is 24.0 Å². The number of terminal acetylenes is 1. The van der Waals surface area contributed by atoms with Crippen molar-refractivity contribution < 1.29 is 40.1 Å². The molecule has 11 N–H and O–H groups in total. The summed E-state index contributed by atoms with van der Waals surface area (Å²) in [5.41, 5.74) is 11.4. The van der Waals surface area contributed by atoms with Crippen molar-refractivity contribution in [3.63, 3.8) is 0 Å². The number of nitrogen functional groups attached to an aromatic ring is 2. The topological polar surface area (TPSA) is 294 Å². The molecule has 0 amide bonds. The van der Waals surface area contributed by atoms with E-state index in [2.05, 4.69) is 41.3 Å². The first-order valence-corrected chi connectivity index (χ1v) is 14.3. The maximum absolute atomic E-state index is 10.7. The van der Waals surface area contributed by atoms with Gasteiger partial charge in [-0.1, -0.05) is 5.92 Å². The Balaban J connectivity index is 0.000000166. The highest BCUT2D eigenvalue weighted by Gasteiger charge is 2.54. The second-order valence-electron chi connectivity index (χ2n) is 11.6. The molecule has 2 saturated heterocycles. The second kappa shape index (κ2) is 11.8. The summed E-state index contributed by atoms with van der Waals surface area (Å²) in [5.74, 6) is 3.35. The summed E-state index contributed by atoms with van der Waals surface area (Å²) in [6.07, 6.45) is 3.16. The van der Waals surface area contributed by atoms with Gasteiger partial charge in [0.1, 0.15) is 77.8 Å². The van der Waals surface area contributed by atoms with Gasteiger partial charge in [0.2, 0.25) is 0 Å². The fraction of sp³-hybridized carbons (Fsp3) is 0.429. The summed E-state index contributed by atoms with van der Waals surface area (Å²) in [6.45, 7) is 2.02. The Morgan fingerprint density at radius 1 is 0.851 bits per heavy atom. The van der Waals surface area contributed by atoms with Crippen molar-refractivity contribution in [2.45, 2.75) is 61.7 Å². The Morgan fingerprint density at radius 3 is 1.83 bits per heavy atom. The number of hydrogen-bond acceptors (Lipinski definition) is 16.